The van der Waals surface area contributed by atoms with E-state index in [9.17, 15) is 13.2 Å². The fourth-order valence-corrected chi connectivity index (χ4v) is 5.86. The number of carbonyl (C=O) groups excluding carboxylic acids is 1. The molecule has 0 bridgehead atoms. The lowest BCUT2D eigenvalue weighted by Gasteiger charge is -2.23. The zero-order valence-corrected chi connectivity index (χ0v) is 18.0. The first-order valence-corrected chi connectivity index (χ1v) is 12.2. The minimum Gasteiger partial charge on any atom is -0.354 e. The van der Waals surface area contributed by atoms with Crippen LogP contribution in [0.2, 0.25) is 0 Å². The zero-order chi connectivity index (χ0) is 20.1. The van der Waals surface area contributed by atoms with Crippen molar-refractivity contribution in [1.82, 2.24) is 14.6 Å². The number of benzene rings is 1. The minimum atomic E-state index is -3.34. The van der Waals surface area contributed by atoms with Gasteiger partial charge in [-0.25, -0.2) is 13.4 Å². The molecule has 0 saturated carbocycles. The molecule has 1 atom stereocenters. The van der Waals surface area contributed by atoms with E-state index in [0.717, 1.165) is 28.2 Å². The van der Waals surface area contributed by atoms with E-state index in [-0.39, 0.29) is 11.7 Å². The second-order valence-electron chi connectivity index (χ2n) is 7.07. The molecule has 3 rings (SSSR count). The lowest BCUT2D eigenvalue weighted by Crippen LogP contribution is -2.46. The molecular formula is C20H27N3O3S2. The van der Waals surface area contributed by atoms with Crippen LogP contribution >= 0.6 is 11.3 Å². The van der Waals surface area contributed by atoms with Crippen LogP contribution in [0.4, 0.5) is 0 Å². The van der Waals surface area contributed by atoms with E-state index in [1.807, 2.05) is 43.5 Å². The molecule has 8 heteroatoms. The van der Waals surface area contributed by atoms with Gasteiger partial charge in [-0.15, -0.1) is 11.3 Å². The fourth-order valence-electron chi connectivity index (χ4n) is 3.50. The van der Waals surface area contributed by atoms with Crippen molar-refractivity contribution in [1.29, 1.82) is 0 Å². The number of carbonyl (C=O) groups is 1. The number of amides is 1. The van der Waals surface area contributed by atoms with Crippen molar-refractivity contribution in [3.8, 4) is 11.3 Å². The minimum absolute atomic E-state index is 0.0988. The third kappa shape index (κ3) is 4.98. The number of aryl methyl sites for hydroxylation is 1. The van der Waals surface area contributed by atoms with Crippen LogP contribution in [0.15, 0.2) is 29.6 Å². The molecule has 152 valence electrons. The van der Waals surface area contributed by atoms with E-state index in [1.165, 1.54) is 4.31 Å². The van der Waals surface area contributed by atoms with E-state index in [0.29, 0.717) is 32.4 Å². The number of rotatable bonds is 8. The van der Waals surface area contributed by atoms with Gasteiger partial charge < -0.3 is 5.32 Å². The number of thiazole rings is 1. The van der Waals surface area contributed by atoms with E-state index >= 15 is 0 Å². The number of hydrogen-bond acceptors (Lipinski definition) is 5. The lowest BCUT2D eigenvalue weighted by atomic mass is 10.1. The van der Waals surface area contributed by atoms with Gasteiger partial charge in [-0.05, 0) is 38.2 Å². The van der Waals surface area contributed by atoms with Crippen LogP contribution in [0.1, 0.15) is 36.8 Å². The Morgan fingerprint density at radius 2 is 2.07 bits per heavy atom. The Balaban J connectivity index is 1.52. The monoisotopic (exact) mass is 421 g/mol. The van der Waals surface area contributed by atoms with E-state index in [1.54, 1.807) is 11.3 Å². The molecule has 1 aromatic carbocycles. The molecule has 6 nitrogen and oxygen atoms in total. The summed E-state index contributed by atoms with van der Waals surface area (Å²) in [5.74, 6) is -0.0893. The molecule has 1 aromatic heterocycles. The van der Waals surface area contributed by atoms with E-state index in [4.69, 9.17) is 0 Å². The summed E-state index contributed by atoms with van der Waals surface area (Å²) < 4.78 is 26.1. The van der Waals surface area contributed by atoms with Gasteiger partial charge in [0.2, 0.25) is 15.9 Å². The molecule has 1 unspecified atom stereocenters. The van der Waals surface area contributed by atoms with Gasteiger partial charge in [0.1, 0.15) is 6.04 Å². The molecule has 1 amide bonds. The third-order valence-corrected chi connectivity index (χ3v) is 7.76. The highest BCUT2D eigenvalue weighted by Crippen LogP contribution is 2.23. The number of nitrogens with zero attached hydrogens (tertiary/aromatic N) is 2. The molecule has 1 fully saturated rings. The van der Waals surface area contributed by atoms with Crippen molar-refractivity contribution in [3.05, 3.63) is 40.2 Å². The molecule has 0 radical (unpaired) electrons. The Bertz CT molecular complexity index is 907. The standard InChI is InChI=1S/C20H27N3O3S2/c1-3-13-28(25,26)23-12-4-5-19(23)20(24)21-11-10-16-6-8-17(9-7-16)18-14-27-15(2)22-18/h6-9,14,19H,3-5,10-13H2,1-2H3,(H,21,24). The second-order valence-corrected chi connectivity index (χ2v) is 10.2. The van der Waals surface area contributed by atoms with Gasteiger partial charge in [0.25, 0.3) is 0 Å². The van der Waals surface area contributed by atoms with Crippen LogP contribution in [0, 0.1) is 6.92 Å². The summed E-state index contributed by atoms with van der Waals surface area (Å²) in [4.78, 5) is 17.0. The quantitative estimate of drug-likeness (QED) is 0.711. The molecule has 1 aliphatic heterocycles. The Labute approximate surface area is 171 Å². The van der Waals surface area contributed by atoms with Crippen molar-refractivity contribution in [2.24, 2.45) is 0 Å². The Hall–Kier alpha value is -1.77. The number of hydrogen-bond donors (Lipinski definition) is 1. The van der Waals surface area contributed by atoms with Crippen LogP contribution in [0.25, 0.3) is 11.3 Å². The summed E-state index contributed by atoms with van der Waals surface area (Å²) in [5, 5.41) is 6.00. The summed E-state index contributed by atoms with van der Waals surface area (Å²) >= 11 is 1.63. The van der Waals surface area contributed by atoms with Gasteiger partial charge in [-0.3, -0.25) is 4.79 Å². The lowest BCUT2D eigenvalue weighted by molar-refractivity contribution is -0.124. The van der Waals surface area contributed by atoms with Crippen molar-refractivity contribution in [2.75, 3.05) is 18.8 Å². The molecule has 0 aliphatic carbocycles. The molecule has 28 heavy (non-hydrogen) atoms. The van der Waals surface area contributed by atoms with E-state index in [2.05, 4.69) is 10.3 Å². The summed E-state index contributed by atoms with van der Waals surface area (Å²) in [6.07, 6.45) is 2.59. The number of nitrogens with one attached hydrogen (secondary N) is 1. The molecule has 0 spiro atoms. The molecule has 1 saturated heterocycles. The first kappa shape index (κ1) is 21.0. The van der Waals surface area contributed by atoms with Gasteiger partial charge in [0, 0.05) is 24.0 Å². The largest absolute Gasteiger partial charge is 0.354 e. The molecular weight excluding hydrogens is 394 g/mol. The summed E-state index contributed by atoms with van der Waals surface area (Å²) in [7, 11) is -3.34. The van der Waals surface area contributed by atoms with Crippen LogP contribution in [0.3, 0.4) is 0 Å². The summed E-state index contributed by atoms with van der Waals surface area (Å²) in [6, 6.07) is 7.61. The predicted octanol–water partition coefficient (Wildman–Crippen LogP) is 2.98. The maximum atomic E-state index is 12.5. The van der Waals surface area contributed by atoms with Gasteiger partial charge in [-0.2, -0.15) is 4.31 Å². The zero-order valence-electron chi connectivity index (χ0n) is 16.3. The molecule has 2 aromatic rings. The van der Waals surface area contributed by atoms with E-state index < -0.39 is 16.1 Å². The Morgan fingerprint density at radius 3 is 2.71 bits per heavy atom. The second kappa shape index (κ2) is 9.15. The predicted molar refractivity (Wildman–Crippen MR) is 113 cm³/mol. The van der Waals surface area contributed by atoms with Gasteiger partial charge in [-0.1, -0.05) is 31.2 Å². The van der Waals surface area contributed by atoms with Crippen LogP contribution in [-0.4, -0.2) is 48.5 Å². The maximum absolute atomic E-state index is 12.5. The topological polar surface area (TPSA) is 79.4 Å². The Morgan fingerprint density at radius 1 is 1.32 bits per heavy atom. The van der Waals surface area contributed by atoms with Crippen molar-refractivity contribution < 1.29 is 13.2 Å². The smallest absolute Gasteiger partial charge is 0.238 e. The molecule has 1 N–H and O–H groups in total. The average Bonchev–Trinajstić information content (AvgIpc) is 3.32. The van der Waals surface area contributed by atoms with Crippen molar-refractivity contribution >= 4 is 27.3 Å². The van der Waals surface area contributed by atoms with Crippen molar-refractivity contribution in [3.63, 3.8) is 0 Å². The molecule has 1 aliphatic rings. The third-order valence-electron chi connectivity index (χ3n) is 4.91. The van der Waals surface area contributed by atoms with Crippen molar-refractivity contribution in [2.45, 2.75) is 45.6 Å². The maximum Gasteiger partial charge on any atom is 0.238 e. The highest BCUT2D eigenvalue weighted by molar-refractivity contribution is 7.89. The van der Waals surface area contributed by atoms with Crippen LogP contribution < -0.4 is 5.32 Å². The number of sulfonamides is 1. The van der Waals surface area contributed by atoms with Crippen LogP contribution in [0.5, 0.6) is 0 Å². The number of aromatic nitrogens is 1. The summed E-state index contributed by atoms with van der Waals surface area (Å²) in [5.41, 5.74) is 3.19. The average molecular weight is 422 g/mol. The first-order valence-electron chi connectivity index (χ1n) is 9.69. The molecule has 2 heterocycles. The van der Waals surface area contributed by atoms with Gasteiger partial charge in [0.15, 0.2) is 0 Å². The highest BCUT2D eigenvalue weighted by Gasteiger charge is 2.37. The fraction of sp³-hybridized carbons (Fsp3) is 0.500. The normalized spacial score (nSPS) is 17.7. The van der Waals surface area contributed by atoms with Crippen LogP contribution in [-0.2, 0) is 21.2 Å². The van der Waals surface area contributed by atoms with Gasteiger partial charge in [0.05, 0.1) is 16.5 Å². The highest BCUT2D eigenvalue weighted by atomic mass is 32.2. The SMILES string of the molecule is CCCS(=O)(=O)N1CCCC1C(=O)NCCc1ccc(-c2csc(C)n2)cc1. The summed E-state index contributed by atoms with van der Waals surface area (Å²) in [6.45, 7) is 4.76. The Kier molecular flexibility index (Phi) is 6.85. The van der Waals surface area contributed by atoms with Gasteiger partial charge >= 0.3 is 0 Å². The first-order chi connectivity index (χ1) is 13.4.